The smallest absolute Gasteiger partial charge is 0.0727 e. The van der Waals surface area contributed by atoms with Gasteiger partial charge in [-0.25, -0.2) is 0 Å². The van der Waals surface area contributed by atoms with Crippen LogP contribution in [-0.2, 0) is 5.41 Å². The van der Waals surface area contributed by atoms with E-state index in [9.17, 15) is 0 Å². The molecule has 0 aliphatic heterocycles. The zero-order chi connectivity index (χ0) is 42.7. The summed E-state index contributed by atoms with van der Waals surface area (Å²) >= 11 is 0. The summed E-state index contributed by atoms with van der Waals surface area (Å²) in [6, 6.07) is 66.5. The Morgan fingerprint density at radius 1 is 0.468 bits per heavy atom. The molecular weight excluding hydrogens is 749 g/mol. The van der Waals surface area contributed by atoms with E-state index in [0.29, 0.717) is 0 Å². The molecule has 1 spiro atoms. The van der Waals surface area contributed by atoms with Gasteiger partial charge in [0.1, 0.15) is 0 Å². The van der Waals surface area contributed by atoms with Crippen LogP contribution in [0.5, 0.6) is 0 Å². The molecule has 0 radical (unpaired) electrons. The summed E-state index contributed by atoms with van der Waals surface area (Å²) < 4.78 is 0. The highest BCUT2D eigenvalue weighted by Crippen LogP contribution is 2.64. The Labute approximate surface area is 367 Å². The first-order valence-corrected chi connectivity index (χ1v) is 21.9. The van der Waals surface area contributed by atoms with Gasteiger partial charge in [0.2, 0.25) is 0 Å². The first-order chi connectivity index (χ1) is 30.2. The first-order valence-electron chi connectivity index (χ1n) is 21.9. The van der Waals surface area contributed by atoms with Crippen molar-refractivity contribution in [2.75, 3.05) is 9.80 Å². The minimum Gasteiger partial charge on any atom is -0.339 e. The van der Waals surface area contributed by atoms with Crippen molar-refractivity contribution in [2.45, 2.75) is 53.0 Å². The van der Waals surface area contributed by atoms with Crippen LogP contribution in [0.1, 0.15) is 65.3 Å². The predicted molar refractivity (Wildman–Crippen MR) is 265 cm³/mol. The van der Waals surface area contributed by atoms with Crippen molar-refractivity contribution in [2.24, 2.45) is 0 Å². The molecule has 2 aliphatic carbocycles. The highest BCUT2D eigenvalue weighted by molar-refractivity contribution is 5.99. The zero-order valence-electron chi connectivity index (χ0n) is 36.6. The van der Waals surface area contributed by atoms with Crippen LogP contribution in [0.4, 0.5) is 28.4 Å². The number of allylic oxidation sites excluding steroid dienone is 3. The lowest BCUT2D eigenvalue weighted by Gasteiger charge is -2.34. The third-order valence-corrected chi connectivity index (χ3v) is 13.1. The fourth-order valence-corrected chi connectivity index (χ4v) is 10.4. The maximum absolute atomic E-state index is 4.25. The van der Waals surface area contributed by atoms with Crippen LogP contribution >= 0.6 is 0 Å². The zero-order valence-corrected chi connectivity index (χ0v) is 36.6. The highest BCUT2D eigenvalue weighted by atomic mass is 15.2. The number of hydrogen-bond acceptors (Lipinski definition) is 2. The molecule has 10 rings (SSSR count). The molecule has 1 atom stereocenters. The summed E-state index contributed by atoms with van der Waals surface area (Å²) in [4.78, 5) is 4.93. The van der Waals surface area contributed by atoms with Crippen LogP contribution in [0.15, 0.2) is 195 Å². The molecule has 0 aromatic heterocycles. The maximum atomic E-state index is 4.25. The summed E-state index contributed by atoms with van der Waals surface area (Å²) in [5, 5.41) is 0. The van der Waals surface area contributed by atoms with Gasteiger partial charge >= 0.3 is 0 Å². The van der Waals surface area contributed by atoms with Gasteiger partial charge in [0.25, 0.3) is 0 Å². The van der Waals surface area contributed by atoms with Gasteiger partial charge < -0.3 is 9.80 Å². The summed E-state index contributed by atoms with van der Waals surface area (Å²) in [6.07, 6.45) is 4.16. The average molecular weight is 801 g/mol. The Bertz CT molecular complexity index is 3030. The Balaban J connectivity index is 1.32. The van der Waals surface area contributed by atoms with Crippen molar-refractivity contribution in [3.8, 4) is 33.4 Å². The van der Waals surface area contributed by atoms with Crippen LogP contribution in [-0.4, -0.2) is 6.04 Å². The molecule has 0 saturated heterocycles. The summed E-state index contributed by atoms with van der Waals surface area (Å²) in [7, 11) is 0. The van der Waals surface area contributed by atoms with Gasteiger partial charge in [-0.2, -0.15) is 0 Å². The Hall–Kier alpha value is -7.16. The number of hydrogen-bond donors (Lipinski definition) is 0. The minimum absolute atomic E-state index is 0.225. The maximum Gasteiger partial charge on any atom is 0.0727 e. The van der Waals surface area contributed by atoms with E-state index in [2.05, 4.69) is 240 Å². The molecule has 0 fully saturated rings. The lowest BCUT2D eigenvalue weighted by atomic mass is 9.69. The van der Waals surface area contributed by atoms with Crippen LogP contribution in [0, 0.1) is 20.8 Å². The molecule has 0 amide bonds. The van der Waals surface area contributed by atoms with E-state index >= 15 is 0 Å². The molecule has 0 heterocycles. The predicted octanol–water partition coefficient (Wildman–Crippen LogP) is 16.2. The largest absolute Gasteiger partial charge is 0.339 e. The molecular formula is C60H52N2. The van der Waals surface area contributed by atoms with E-state index in [0.717, 1.165) is 22.6 Å². The lowest BCUT2D eigenvalue weighted by Crippen LogP contribution is -2.28. The number of fused-ring (bicyclic) bond motifs is 10. The topological polar surface area (TPSA) is 6.48 Å². The van der Waals surface area contributed by atoms with E-state index < -0.39 is 5.41 Å². The Kier molecular flexibility index (Phi) is 9.68. The molecule has 62 heavy (non-hydrogen) atoms. The van der Waals surface area contributed by atoms with E-state index in [4.69, 9.17) is 0 Å². The first kappa shape index (κ1) is 39.0. The van der Waals surface area contributed by atoms with Crippen molar-refractivity contribution in [1.29, 1.82) is 0 Å². The van der Waals surface area contributed by atoms with E-state index in [1.165, 1.54) is 89.3 Å². The van der Waals surface area contributed by atoms with Crippen molar-refractivity contribution >= 4 is 34.0 Å². The quantitative estimate of drug-likeness (QED) is 0.134. The molecule has 0 saturated carbocycles. The SMILES string of the molecule is C=CC(=CC)c1ccc2c(c1)C1(c3cc(-c4ccccc4)ccc3-2)c2cc(N(c3cccc(C)c3)c3cccc(C)c3)ccc2-c2ccc(N(c3cccc(C)c3)C(C)C)cc21. The van der Waals surface area contributed by atoms with Crippen molar-refractivity contribution in [1.82, 2.24) is 0 Å². The third kappa shape index (κ3) is 6.24. The minimum atomic E-state index is -0.637. The fraction of sp³-hybridized carbons (Fsp3) is 0.133. The van der Waals surface area contributed by atoms with E-state index in [-0.39, 0.29) is 6.04 Å². The molecule has 8 aromatic rings. The van der Waals surface area contributed by atoms with Crippen molar-refractivity contribution < 1.29 is 0 Å². The molecule has 1 unspecified atom stereocenters. The second-order valence-corrected chi connectivity index (χ2v) is 17.4. The van der Waals surface area contributed by atoms with Crippen LogP contribution in [0.25, 0.3) is 39.0 Å². The van der Waals surface area contributed by atoms with Gasteiger partial charge in [-0.1, -0.05) is 122 Å². The van der Waals surface area contributed by atoms with Gasteiger partial charge in [-0.05, 0) is 198 Å². The highest BCUT2D eigenvalue weighted by Gasteiger charge is 2.52. The van der Waals surface area contributed by atoms with Gasteiger partial charge in [-0.3, -0.25) is 0 Å². The second kappa shape index (κ2) is 15.4. The van der Waals surface area contributed by atoms with Gasteiger partial charge in [0.05, 0.1) is 5.41 Å². The number of benzene rings is 8. The molecule has 2 heteroatoms. The normalized spacial score (nSPS) is 14.7. The van der Waals surface area contributed by atoms with Crippen molar-refractivity contribution in [3.63, 3.8) is 0 Å². The van der Waals surface area contributed by atoms with Gasteiger partial charge in [0.15, 0.2) is 0 Å². The molecule has 0 bridgehead atoms. The standard InChI is InChI=1S/C60H52N2/c1-8-43(9-2)45-24-28-52-53-29-25-46(44-19-11-10-12-20-44)36-57(53)60(56(52)35-45)58-37-50(61(39(3)4)47-21-13-16-40(5)32-47)26-30-54(58)55-31-27-51(38-59(55)60)62(48-22-14-17-41(6)33-48)49-23-15-18-42(7)34-49/h8-39H,1H2,2-7H3. The van der Waals surface area contributed by atoms with E-state index in [1.807, 2.05) is 6.08 Å². The summed E-state index contributed by atoms with van der Waals surface area (Å²) in [5.41, 5.74) is 23.8. The fourth-order valence-electron chi connectivity index (χ4n) is 10.4. The molecule has 0 N–H and O–H groups in total. The summed E-state index contributed by atoms with van der Waals surface area (Å²) in [5.74, 6) is 0. The summed E-state index contributed by atoms with van der Waals surface area (Å²) in [6.45, 7) is 17.5. The van der Waals surface area contributed by atoms with Crippen LogP contribution in [0.3, 0.4) is 0 Å². The molecule has 302 valence electrons. The van der Waals surface area contributed by atoms with Crippen molar-refractivity contribution in [3.05, 3.63) is 239 Å². The molecule has 8 aromatic carbocycles. The molecule has 2 nitrogen and oxygen atoms in total. The third-order valence-electron chi connectivity index (χ3n) is 13.1. The second-order valence-electron chi connectivity index (χ2n) is 17.4. The van der Waals surface area contributed by atoms with E-state index in [1.54, 1.807) is 0 Å². The Morgan fingerprint density at radius 2 is 0.935 bits per heavy atom. The van der Waals surface area contributed by atoms with Gasteiger partial charge in [0, 0.05) is 34.5 Å². The van der Waals surface area contributed by atoms with Gasteiger partial charge in [-0.15, -0.1) is 0 Å². The number of aryl methyl sites for hydroxylation is 3. The lowest BCUT2D eigenvalue weighted by molar-refractivity contribution is 0.775. The number of rotatable bonds is 9. The number of anilines is 5. The number of nitrogens with zero attached hydrogens (tertiary/aromatic N) is 2. The average Bonchev–Trinajstić information content (AvgIpc) is 3.73. The Morgan fingerprint density at radius 3 is 1.50 bits per heavy atom. The van der Waals surface area contributed by atoms with Crippen LogP contribution in [0.2, 0.25) is 0 Å². The molecule has 2 aliphatic rings. The van der Waals surface area contributed by atoms with Crippen LogP contribution < -0.4 is 9.80 Å². The monoisotopic (exact) mass is 800 g/mol.